The number of aryl methyl sites for hydroxylation is 1. The van der Waals surface area contributed by atoms with Crippen LogP contribution in [-0.4, -0.2) is 19.7 Å². The largest absolute Gasteiger partial charge is 0.383 e. The Morgan fingerprint density at radius 2 is 2.05 bits per heavy atom. The van der Waals surface area contributed by atoms with E-state index in [4.69, 9.17) is 28.9 Å². The van der Waals surface area contributed by atoms with Crippen molar-refractivity contribution < 1.29 is 0 Å². The van der Waals surface area contributed by atoms with Crippen molar-refractivity contribution in [3.8, 4) is 0 Å². The van der Waals surface area contributed by atoms with Crippen molar-refractivity contribution in [2.24, 2.45) is 0 Å². The fourth-order valence-electron chi connectivity index (χ4n) is 2.13. The number of nitrogens with zero attached hydrogens (tertiary/aromatic N) is 4. The third kappa shape index (κ3) is 2.19. The molecule has 0 radical (unpaired) electrons. The quantitative estimate of drug-likeness (QED) is 0.790. The monoisotopic (exact) mass is 307 g/mol. The maximum Gasteiger partial charge on any atom is 0.163 e. The van der Waals surface area contributed by atoms with E-state index in [0.717, 1.165) is 16.6 Å². The number of hydrogen-bond acceptors (Lipinski definition) is 4. The predicted octanol–water partition coefficient (Wildman–Crippen LogP) is 3.07. The number of benzene rings is 1. The normalized spacial score (nSPS) is 11.2. The average Bonchev–Trinajstić information content (AvgIpc) is 2.71. The van der Waals surface area contributed by atoms with Gasteiger partial charge in [0.2, 0.25) is 0 Å². The number of nitrogens with two attached hydrogens (primary N) is 1. The predicted molar refractivity (Wildman–Crippen MR) is 80.0 cm³/mol. The first-order valence-electron chi connectivity index (χ1n) is 5.94. The minimum absolute atomic E-state index is 0.431. The lowest BCUT2D eigenvalue weighted by Crippen LogP contribution is -2.04. The third-order valence-corrected chi connectivity index (χ3v) is 3.66. The zero-order chi connectivity index (χ0) is 14.3. The summed E-state index contributed by atoms with van der Waals surface area (Å²) >= 11 is 12.1. The van der Waals surface area contributed by atoms with Crippen LogP contribution >= 0.6 is 23.2 Å². The lowest BCUT2D eigenvalue weighted by Gasteiger charge is -2.06. The Labute approximate surface area is 125 Å². The van der Waals surface area contributed by atoms with Crippen LogP contribution in [0.5, 0.6) is 0 Å². The topological polar surface area (TPSA) is 69.6 Å². The first-order chi connectivity index (χ1) is 9.56. The Bertz CT molecular complexity index is 797. The minimum Gasteiger partial charge on any atom is -0.383 e. The summed E-state index contributed by atoms with van der Waals surface area (Å²) in [5.74, 6) is 0.431. The summed E-state index contributed by atoms with van der Waals surface area (Å²) in [4.78, 5) is 8.23. The van der Waals surface area contributed by atoms with Gasteiger partial charge in [-0.25, -0.2) is 14.6 Å². The molecule has 0 aliphatic carbocycles. The minimum atomic E-state index is 0.431. The van der Waals surface area contributed by atoms with Gasteiger partial charge in [-0.15, -0.1) is 0 Å². The molecule has 0 fully saturated rings. The highest BCUT2D eigenvalue weighted by Gasteiger charge is 2.13. The van der Waals surface area contributed by atoms with Crippen LogP contribution in [0.15, 0.2) is 24.5 Å². The van der Waals surface area contributed by atoms with Crippen LogP contribution in [0.1, 0.15) is 11.3 Å². The molecule has 3 rings (SSSR count). The van der Waals surface area contributed by atoms with Gasteiger partial charge in [-0.3, -0.25) is 0 Å². The Hall–Kier alpha value is -1.85. The van der Waals surface area contributed by atoms with Gasteiger partial charge in [-0.05, 0) is 24.6 Å². The molecule has 20 heavy (non-hydrogen) atoms. The first-order valence-corrected chi connectivity index (χ1v) is 6.69. The molecule has 0 saturated heterocycles. The Morgan fingerprint density at radius 3 is 2.80 bits per heavy atom. The van der Waals surface area contributed by atoms with E-state index >= 15 is 0 Å². The highest BCUT2D eigenvalue weighted by Crippen LogP contribution is 2.25. The summed E-state index contributed by atoms with van der Waals surface area (Å²) in [5.41, 5.74) is 8.27. The highest BCUT2D eigenvalue weighted by molar-refractivity contribution is 6.35. The number of fused-ring (bicyclic) bond motifs is 1. The average molecular weight is 308 g/mol. The molecule has 0 aliphatic rings. The maximum absolute atomic E-state index is 6.19. The van der Waals surface area contributed by atoms with Crippen LogP contribution in [0.25, 0.3) is 11.0 Å². The molecule has 7 heteroatoms. The summed E-state index contributed by atoms with van der Waals surface area (Å²) in [6.07, 6.45) is 1.43. The van der Waals surface area contributed by atoms with Crippen molar-refractivity contribution in [2.75, 3.05) is 5.73 Å². The molecule has 0 amide bonds. The number of halogens is 2. The molecular weight excluding hydrogens is 297 g/mol. The lowest BCUT2D eigenvalue weighted by molar-refractivity contribution is 0.695. The molecule has 3 aromatic rings. The summed E-state index contributed by atoms with van der Waals surface area (Å²) in [6, 6.07) is 5.38. The SMILES string of the molecule is Cc1nn(Cc2ccc(Cl)cc2Cl)c2ncnc(N)c12. The van der Waals surface area contributed by atoms with Gasteiger partial charge < -0.3 is 5.73 Å². The summed E-state index contributed by atoms with van der Waals surface area (Å²) in [5, 5.41) is 6.43. The fraction of sp³-hybridized carbons (Fsp3) is 0.154. The van der Waals surface area contributed by atoms with Crippen molar-refractivity contribution in [3.63, 3.8) is 0 Å². The Morgan fingerprint density at radius 1 is 1.25 bits per heavy atom. The first kappa shape index (κ1) is 13.1. The molecule has 5 nitrogen and oxygen atoms in total. The number of hydrogen-bond donors (Lipinski definition) is 1. The van der Waals surface area contributed by atoms with Gasteiger partial charge in [0.25, 0.3) is 0 Å². The van der Waals surface area contributed by atoms with E-state index in [0.29, 0.717) is 28.1 Å². The van der Waals surface area contributed by atoms with Crippen LogP contribution in [0.2, 0.25) is 10.0 Å². The lowest BCUT2D eigenvalue weighted by atomic mass is 10.2. The van der Waals surface area contributed by atoms with E-state index in [-0.39, 0.29) is 0 Å². The smallest absolute Gasteiger partial charge is 0.163 e. The number of aromatic nitrogens is 4. The maximum atomic E-state index is 6.19. The van der Waals surface area contributed by atoms with Crippen LogP contribution in [0, 0.1) is 6.92 Å². The van der Waals surface area contributed by atoms with Crippen LogP contribution in [0.4, 0.5) is 5.82 Å². The van der Waals surface area contributed by atoms with Crippen molar-refractivity contribution >= 4 is 40.1 Å². The van der Waals surface area contributed by atoms with Crippen LogP contribution in [0.3, 0.4) is 0 Å². The third-order valence-electron chi connectivity index (χ3n) is 3.07. The fourth-order valence-corrected chi connectivity index (χ4v) is 2.60. The van der Waals surface area contributed by atoms with Crippen molar-refractivity contribution in [3.05, 3.63) is 45.8 Å². The molecule has 0 saturated carbocycles. The summed E-state index contributed by atoms with van der Waals surface area (Å²) in [6.45, 7) is 2.37. The molecule has 102 valence electrons. The van der Waals surface area contributed by atoms with Crippen LogP contribution in [-0.2, 0) is 6.54 Å². The molecule has 1 aromatic carbocycles. The molecule has 0 spiro atoms. The molecule has 0 bridgehead atoms. The molecule has 2 N–H and O–H groups in total. The molecule has 0 unspecified atom stereocenters. The second kappa shape index (κ2) is 4.92. The van der Waals surface area contributed by atoms with Gasteiger partial charge in [0.05, 0.1) is 17.6 Å². The van der Waals surface area contributed by atoms with Crippen LogP contribution < -0.4 is 5.73 Å². The van der Waals surface area contributed by atoms with Crippen molar-refractivity contribution in [1.29, 1.82) is 0 Å². The Balaban J connectivity index is 2.09. The number of anilines is 1. The highest BCUT2D eigenvalue weighted by atomic mass is 35.5. The second-order valence-electron chi connectivity index (χ2n) is 4.44. The van der Waals surface area contributed by atoms with E-state index in [9.17, 15) is 0 Å². The number of rotatable bonds is 2. The van der Waals surface area contributed by atoms with Gasteiger partial charge in [-0.2, -0.15) is 5.10 Å². The van der Waals surface area contributed by atoms with Gasteiger partial charge in [0, 0.05) is 10.0 Å². The summed E-state index contributed by atoms with van der Waals surface area (Å²) < 4.78 is 1.76. The standard InChI is InChI=1S/C13H11Cl2N5/c1-7-11-12(16)17-6-18-13(11)20(19-7)5-8-2-3-9(14)4-10(8)15/h2-4,6H,5H2,1H3,(H2,16,17,18). The van der Waals surface area contributed by atoms with Gasteiger partial charge in [0.15, 0.2) is 5.65 Å². The second-order valence-corrected chi connectivity index (χ2v) is 5.28. The van der Waals surface area contributed by atoms with Crippen molar-refractivity contribution in [2.45, 2.75) is 13.5 Å². The zero-order valence-electron chi connectivity index (χ0n) is 10.6. The van der Waals surface area contributed by atoms with E-state index < -0.39 is 0 Å². The van der Waals surface area contributed by atoms with Gasteiger partial charge in [-0.1, -0.05) is 29.3 Å². The van der Waals surface area contributed by atoms with Gasteiger partial charge >= 0.3 is 0 Å². The zero-order valence-corrected chi connectivity index (χ0v) is 12.2. The van der Waals surface area contributed by atoms with Gasteiger partial charge in [0.1, 0.15) is 12.1 Å². The molecule has 0 atom stereocenters. The molecule has 2 aromatic heterocycles. The Kier molecular flexibility index (Phi) is 3.23. The molecular formula is C13H11Cl2N5. The van der Waals surface area contributed by atoms with Crippen molar-refractivity contribution in [1.82, 2.24) is 19.7 Å². The van der Waals surface area contributed by atoms with E-state index in [1.54, 1.807) is 16.8 Å². The van der Waals surface area contributed by atoms with E-state index in [2.05, 4.69) is 15.1 Å². The van der Waals surface area contributed by atoms with E-state index in [1.807, 2.05) is 13.0 Å². The summed E-state index contributed by atoms with van der Waals surface area (Å²) in [7, 11) is 0. The molecule has 0 aliphatic heterocycles. The van der Waals surface area contributed by atoms with E-state index in [1.165, 1.54) is 6.33 Å². The molecule has 2 heterocycles. The number of nitrogen functional groups attached to an aromatic ring is 1.